The largest absolute Gasteiger partial charge is 0.487 e. The van der Waals surface area contributed by atoms with Crippen molar-refractivity contribution in [2.24, 2.45) is 0 Å². The molecule has 2 unspecified atom stereocenters. The first-order valence-corrected chi connectivity index (χ1v) is 7.36. The lowest BCUT2D eigenvalue weighted by Crippen LogP contribution is -2.48. The van der Waals surface area contributed by atoms with Gasteiger partial charge in [-0.25, -0.2) is 4.39 Å². The van der Waals surface area contributed by atoms with E-state index >= 15 is 0 Å². The van der Waals surface area contributed by atoms with Crippen LogP contribution >= 0.6 is 0 Å². The third-order valence-corrected chi connectivity index (χ3v) is 4.44. The van der Waals surface area contributed by atoms with E-state index in [1.165, 1.54) is 12.5 Å². The van der Waals surface area contributed by atoms with Gasteiger partial charge in [0, 0.05) is 12.8 Å². The van der Waals surface area contributed by atoms with Crippen molar-refractivity contribution in [3.05, 3.63) is 29.6 Å². The minimum absolute atomic E-state index is 0.00105. The van der Waals surface area contributed by atoms with Crippen molar-refractivity contribution in [3.63, 3.8) is 0 Å². The third-order valence-electron chi connectivity index (χ3n) is 4.44. The van der Waals surface area contributed by atoms with Gasteiger partial charge in [0.25, 0.3) is 0 Å². The van der Waals surface area contributed by atoms with Crippen LogP contribution in [0.2, 0.25) is 0 Å². The first-order valence-electron chi connectivity index (χ1n) is 7.36. The normalized spacial score (nSPS) is 26.1. The maximum absolute atomic E-state index is 14.0. The summed E-state index contributed by atoms with van der Waals surface area (Å²) in [6, 6.07) is 4.67. The fourth-order valence-corrected chi connectivity index (χ4v) is 3.06. The zero-order chi connectivity index (χ0) is 14.2. The summed E-state index contributed by atoms with van der Waals surface area (Å²) in [6.07, 6.45) is 4.41. The molecule has 3 nitrogen and oxygen atoms in total. The van der Waals surface area contributed by atoms with E-state index in [1.807, 2.05) is 0 Å². The van der Waals surface area contributed by atoms with Gasteiger partial charge in [0.1, 0.15) is 6.10 Å². The topological polar surface area (TPSA) is 38.7 Å². The number of aliphatic hydroxyl groups is 1. The second-order valence-corrected chi connectivity index (χ2v) is 5.98. The predicted octanol–water partition coefficient (Wildman–Crippen LogP) is 3.36. The van der Waals surface area contributed by atoms with Crippen LogP contribution in [0.4, 0.5) is 4.39 Å². The lowest BCUT2D eigenvalue weighted by atomic mass is 9.74. The van der Waals surface area contributed by atoms with Crippen LogP contribution in [0.3, 0.4) is 0 Å². The van der Waals surface area contributed by atoms with Gasteiger partial charge >= 0.3 is 0 Å². The first-order chi connectivity index (χ1) is 9.58. The number of aliphatic hydroxyl groups excluding tert-OH is 1. The SMILES string of the molecule is CC(O)c1ccc(OC2CCOC3(CCC3)C2)c(F)c1. The molecule has 1 aromatic rings. The molecule has 1 aliphatic heterocycles. The molecule has 2 aliphatic rings. The van der Waals surface area contributed by atoms with E-state index in [9.17, 15) is 9.50 Å². The van der Waals surface area contributed by atoms with Gasteiger partial charge in [0.05, 0.1) is 18.3 Å². The van der Waals surface area contributed by atoms with E-state index in [0.717, 1.165) is 25.7 Å². The highest BCUT2D eigenvalue weighted by atomic mass is 19.1. The zero-order valence-electron chi connectivity index (χ0n) is 11.8. The van der Waals surface area contributed by atoms with Gasteiger partial charge in [-0.1, -0.05) is 6.07 Å². The molecule has 0 bridgehead atoms. The molecule has 1 spiro atoms. The number of hydrogen-bond donors (Lipinski definition) is 1. The summed E-state index contributed by atoms with van der Waals surface area (Å²) < 4.78 is 25.6. The molecule has 2 fully saturated rings. The molecule has 110 valence electrons. The van der Waals surface area contributed by atoms with Crippen molar-refractivity contribution in [3.8, 4) is 5.75 Å². The second-order valence-electron chi connectivity index (χ2n) is 5.98. The summed E-state index contributed by atoms with van der Waals surface area (Å²) in [4.78, 5) is 0. The van der Waals surface area contributed by atoms with Crippen molar-refractivity contribution in [1.29, 1.82) is 0 Å². The summed E-state index contributed by atoms with van der Waals surface area (Å²) in [7, 11) is 0. The van der Waals surface area contributed by atoms with Gasteiger partial charge in [-0.05, 0) is 43.9 Å². The van der Waals surface area contributed by atoms with Crippen LogP contribution in [-0.4, -0.2) is 23.4 Å². The predicted molar refractivity (Wildman–Crippen MR) is 73.2 cm³/mol. The van der Waals surface area contributed by atoms with E-state index in [1.54, 1.807) is 19.1 Å². The smallest absolute Gasteiger partial charge is 0.165 e. The van der Waals surface area contributed by atoms with E-state index in [0.29, 0.717) is 12.2 Å². The van der Waals surface area contributed by atoms with Crippen molar-refractivity contribution in [2.75, 3.05) is 6.61 Å². The molecule has 3 rings (SSSR count). The molecule has 0 amide bonds. The van der Waals surface area contributed by atoms with E-state index in [4.69, 9.17) is 9.47 Å². The highest BCUT2D eigenvalue weighted by Gasteiger charge is 2.43. The van der Waals surface area contributed by atoms with Crippen molar-refractivity contribution < 1.29 is 19.0 Å². The number of ether oxygens (including phenoxy) is 2. The van der Waals surface area contributed by atoms with Crippen LogP contribution in [-0.2, 0) is 4.74 Å². The highest BCUT2D eigenvalue weighted by molar-refractivity contribution is 5.30. The van der Waals surface area contributed by atoms with Gasteiger partial charge in [-0.2, -0.15) is 0 Å². The molecule has 1 heterocycles. The standard InChI is InChI=1S/C16H21FO3/c1-11(18)12-3-4-15(14(17)9-12)20-13-5-8-19-16(10-13)6-2-7-16/h3-4,9,11,13,18H,2,5-8,10H2,1H3. The number of benzene rings is 1. The molecule has 1 aliphatic carbocycles. The Morgan fingerprint density at radius 2 is 2.25 bits per heavy atom. The summed E-state index contributed by atoms with van der Waals surface area (Å²) in [6.45, 7) is 2.31. The summed E-state index contributed by atoms with van der Waals surface area (Å²) in [5.74, 6) is -0.131. The van der Waals surface area contributed by atoms with Crippen LogP contribution in [0, 0.1) is 5.82 Å². The lowest BCUT2D eigenvalue weighted by Gasteiger charge is -2.46. The van der Waals surface area contributed by atoms with Crippen molar-refractivity contribution in [2.45, 2.75) is 56.8 Å². The molecule has 0 aromatic heterocycles. The number of halogens is 1. The quantitative estimate of drug-likeness (QED) is 0.922. The van der Waals surface area contributed by atoms with E-state index < -0.39 is 11.9 Å². The Labute approximate surface area is 118 Å². The van der Waals surface area contributed by atoms with Crippen LogP contribution in [0.1, 0.15) is 50.7 Å². The Morgan fingerprint density at radius 3 is 2.85 bits per heavy atom. The van der Waals surface area contributed by atoms with Crippen LogP contribution in [0.5, 0.6) is 5.75 Å². The molecule has 1 saturated heterocycles. The molecule has 4 heteroatoms. The van der Waals surface area contributed by atoms with Crippen LogP contribution in [0.15, 0.2) is 18.2 Å². The zero-order valence-corrected chi connectivity index (χ0v) is 11.8. The Morgan fingerprint density at radius 1 is 1.45 bits per heavy atom. The van der Waals surface area contributed by atoms with Gasteiger partial charge < -0.3 is 14.6 Å². The Hall–Kier alpha value is -1.13. The van der Waals surface area contributed by atoms with Gasteiger partial charge in [0.15, 0.2) is 11.6 Å². The third kappa shape index (κ3) is 2.67. The van der Waals surface area contributed by atoms with Crippen LogP contribution in [0.25, 0.3) is 0 Å². The minimum atomic E-state index is -0.667. The molecule has 1 N–H and O–H groups in total. The van der Waals surface area contributed by atoms with Crippen molar-refractivity contribution in [1.82, 2.24) is 0 Å². The molecule has 1 saturated carbocycles. The Kier molecular flexibility index (Phi) is 3.69. The summed E-state index contributed by atoms with van der Waals surface area (Å²) in [5, 5.41) is 9.44. The highest BCUT2D eigenvalue weighted by Crippen LogP contribution is 2.43. The molecular weight excluding hydrogens is 259 g/mol. The van der Waals surface area contributed by atoms with Gasteiger partial charge in [0.2, 0.25) is 0 Å². The number of rotatable bonds is 3. The van der Waals surface area contributed by atoms with Gasteiger partial charge in [-0.3, -0.25) is 0 Å². The Balaban J connectivity index is 1.68. The van der Waals surface area contributed by atoms with Crippen molar-refractivity contribution >= 4 is 0 Å². The summed E-state index contributed by atoms with van der Waals surface area (Å²) >= 11 is 0. The molecular formula is C16H21FO3. The average Bonchev–Trinajstić information content (AvgIpc) is 2.39. The molecule has 1 aromatic carbocycles. The first kappa shape index (κ1) is 13.8. The maximum Gasteiger partial charge on any atom is 0.165 e. The van der Waals surface area contributed by atoms with E-state index in [2.05, 4.69) is 0 Å². The fourth-order valence-electron chi connectivity index (χ4n) is 3.06. The second kappa shape index (κ2) is 5.34. The molecule has 2 atom stereocenters. The van der Waals surface area contributed by atoms with Crippen LogP contribution < -0.4 is 4.74 Å². The average molecular weight is 280 g/mol. The minimum Gasteiger partial charge on any atom is -0.487 e. The van der Waals surface area contributed by atoms with Gasteiger partial charge in [-0.15, -0.1) is 0 Å². The summed E-state index contributed by atoms with van der Waals surface area (Å²) in [5.41, 5.74) is 0.566. The monoisotopic (exact) mass is 280 g/mol. The molecule has 20 heavy (non-hydrogen) atoms. The molecule has 0 radical (unpaired) electrons. The number of hydrogen-bond acceptors (Lipinski definition) is 3. The Bertz CT molecular complexity index is 483. The van der Waals surface area contributed by atoms with E-state index in [-0.39, 0.29) is 17.5 Å². The maximum atomic E-state index is 14.0. The fraction of sp³-hybridized carbons (Fsp3) is 0.625. The lowest BCUT2D eigenvalue weighted by molar-refractivity contribution is -0.153.